The maximum atomic E-state index is 12.7. The first-order chi connectivity index (χ1) is 12.6. The van der Waals surface area contributed by atoms with E-state index in [4.69, 9.17) is 0 Å². The Labute approximate surface area is 157 Å². The van der Waals surface area contributed by atoms with Crippen molar-refractivity contribution >= 4 is 23.2 Å². The van der Waals surface area contributed by atoms with Gasteiger partial charge in [-0.25, -0.2) is 4.98 Å². The molecule has 0 radical (unpaired) electrons. The van der Waals surface area contributed by atoms with Crippen molar-refractivity contribution in [2.75, 3.05) is 6.54 Å². The van der Waals surface area contributed by atoms with Gasteiger partial charge in [0.2, 0.25) is 11.8 Å². The molecular weight excluding hydrogens is 346 g/mol. The van der Waals surface area contributed by atoms with E-state index in [2.05, 4.69) is 29.4 Å². The number of carbonyl (C=O) groups excluding carboxylic acids is 2. The molecule has 26 heavy (non-hydrogen) atoms. The normalized spacial score (nSPS) is 19.6. The fourth-order valence-electron chi connectivity index (χ4n) is 3.42. The lowest BCUT2D eigenvalue weighted by atomic mass is 10.1. The minimum atomic E-state index is -0.307. The van der Waals surface area contributed by atoms with E-state index in [1.165, 1.54) is 5.56 Å². The Morgan fingerprint density at radius 2 is 2.15 bits per heavy atom. The highest BCUT2D eigenvalue weighted by Crippen LogP contribution is 2.26. The number of nitrogens with one attached hydrogen (secondary N) is 1. The van der Waals surface area contributed by atoms with Crippen LogP contribution >= 0.6 is 11.3 Å². The van der Waals surface area contributed by atoms with Crippen LogP contribution in [0.3, 0.4) is 0 Å². The summed E-state index contributed by atoms with van der Waals surface area (Å²) in [6.07, 6.45) is 4.03. The van der Waals surface area contributed by atoms with Gasteiger partial charge in [0, 0.05) is 23.5 Å². The average Bonchev–Trinajstić information content (AvgIpc) is 3.12. The van der Waals surface area contributed by atoms with Gasteiger partial charge in [0.1, 0.15) is 11.0 Å². The number of amides is 2. The molecule has 4 rings (SSSR count). The van der Waals surface area contributed by atoms with E-state index in [1.54, 1.807) is 16.2 Å². The molecule has 1 saturated carbocycles. The first-order valence-corrected chi connectivity index (χ1v) is 10.1. The number of likely N-dealkylation sites (tertiary alicyclic amines) is 1. The van der Waals surface area contributed by atoms with Gasteiger partial charge >= 0.3 is 0 Å². The van der Waals surface area contributed by atoms with Crippen molar-refractivity contribution < 1.29 is 9.59 Å². The van der Waals surface area contributed by atoms with E-state index in [0.29, 0.717) is 12.6 Å². The van der Waals surface area contributed by atoms with E-state index in [9.17, 15) is 9.59 Å². The van der Waals surface area contributed by atoms with Gasteiger partial charge in [0.15, 0.2) is 0 Å². The van der Waals surface area contributed by atoms with Crippen molar-refractivity contribution in [2.24, 2.45) is 0 Å². The van der Waals surface area contributed by atoms with Crippen LogP contribution in [0.1, 0.15) is 36.9 Å². The lowest BCUT2D eigenvalue weighted by Gasteiger charge is -2.23. The number of benzene rings is 1. The number of thiazole rings is 1. The summed E-state index contributed by atoms with van der Waals surface area (Å²) in [5.41, 5.74) is 3.05. The van der Waals surface area contributed by atoms with E-state index < -0.39 is 0 Å². The first kappa shape index (κ1) is 17.2. The number of hydrogen-bond acceptors (Lipinski definition) is 4. The van der Waals surface area contributed by atoms with Crippen LogP contribution in [0.5, 0.6) is 0 Å². The van der Waals surface area contributed by atoms with Gasteiger partial charge in [0.25, 0.3) is 0 Å². The van der Waals surface area contributed by atoms with Crippen molar-refractivity contribution in [1.29, 1.82) is 0 Å². The lowest BCUT2D eigenvalue weighted by molar-refractivity contribution is -0.138. The van der Waals surface area contributed by atoms with Crippen LogP contribution in [0.15, 0.2) is 29.6 Å². The third kappa shape index (κ3) is 3.80. The highest BCUT2D eigenvalue weighted by Gasteiger charge is 2.36. The van der Waals surface area contributed by atoms with E-state index >= 15 is 0 Å². The monoisotopic (exact) mass is 369 g/mol. The summed E-state index contributed by atoms with van der Waals surface area (Å²) in [6.45, 7) is 2.72. The van der Waals surface area contributed by atoms with Gasteiger partial charge < -0.3 is 10.2 Å². The van der Waals surface area contributed by atoms with Crippen LogP contribution in [0.25, 0.3) is 10.6 Å². The van der Waals surface area contributed by atoms with Crippen molar-refractivity contribution in [3.63, 3.8) is 0 Å². The molecule has 1 saturated heterocycles. The average molecular weight is 369 g/mol. The van der Waals surface area contributed by atoms with Crippen LogP contribution in [0.2, 0.25) is 0 Å². The summed E-state index contributed by atoms with van der Waals surface area (Å²) in [4.78, 5) is 31.5. The zero-order chi connectivity index (χ0) is 18.1. The molecule has 136 valence electrons. The van der Waals surface area contributed by atoms with Gasteiger partial charge in [-0.1, -0.05) is 23.8 Å². The molecular formula is C20H23N3O2S. The van der Waals surface area contributed by atoms with Gasteiger partial charge in [-0.15, -0.1) is 11.3 Å². The molecule has 2 heterocycles. The largest absolute Gasteiger partial charge is 0.352 e. The van der Waals surface area contributed by atoms with Gasteiger partial charge in [-0.05, 0) is 38.7 Å². The summed E-state index contributed by atoms with van der Waals surface area (Å²) < 4.78 is 0. The molecule has 1 N–H and O–H groups in total. The van der Waals surface area contributed by atoms with Crippen LogP contribution < -0.4 is 5.32 Å². The predicted octanol–water partition coefficient (Wildman–Crippen LogP) is 2.93. The summed E-state index contributed by atoms with van der Waals surface area (Å²) in [6, 6.07) is 8.24. The van der Waals surface area contributed by atoms with Crippen molar-refractivity contribution in [3.8, 4) is 10.6 Å². The van der Waals surface area contributed by atoms with Crippen molar-refractivity contribution in [1.82, 2.24) is 15.2 Å². The Kier molecular flexibility index (Phi) is 4.76. The van der Waals surface area contributed by atoms with E-state index in [0.717, 1.165) is 41.9 Å². The fourth-order valence-corrected chi connectivity index (χ4v) is 4.23. The molecule has 1 atom stereocenters. The van der Waals surface area contributed by atoms with Crippen molar-refractivity contribution in [3.05, 3.63) is 40.9 Å². The van der Waals surface area contributed by atoms with Crippen LogP contribution in [0.4, 0.5) is 0 Å². The molecule has 2 aliphatic rings. The molecule has 2 fully saturated rings. The number of rotatable bonds is 5. The standard InChI is InChI=1S/C20H23N3O2S/c1-13-4-2-5-14(10-13)20-22-16(12-26-20)11-18(24)23-9-3-6-17(23)19(25)21-15-7-8-15/h2,4-5,10,12,15,17H,3,6-9,11H2,1H3,(H,21,25). The molecule has 6 heteroatoms. The maximum Gasteiger partial charge on any atom is 0.243 e. The van der Waals surface area contributed by atoms with Crippen LogP contribution in [0, 0.1) is 6.92 Å². The van der Waals surface area contributed by atoms with Gasteiger partial charge in [-0.3, -0.25) is 9.59 Å². The highest BCUT2D eigenvalue weighted by atomic mass is 32.1. The minimum absolute atomic E-state index is 0.000427. The quantitative estimate of drug-likeness (QED) is 0.881. The molecule has 1 aliphatic heterocycles. The second kappa shape index (κ2) is 7.19. The molecule has 2 aromatic rings. The third-order valence-electron chi connectivity index (χ3n) is 4.95. The molecule has 0 spiro atoms. The second-order valence-corrected chi connectivity index (χ2v) is 8.08. The topological polar surface area (TPSA) is 62.3 Å². The zero-order valence-corrected chi connectivity index (χ0v) is 15.7. The third-order valence-corrected chi connectivity index (χ3v) is 5.89. The van der Waals surface area contributed by atoms with E-state index in [-0.39, 0.29) is 24.3 Å². The molecule has 1 unspecified atom stereocenters. The summed E-state index contributed by atoms with van der Waals surface area (Å²) in [5.74, 6) is 0.0108. The van der Waals surface area contributed by atoms with Gasteiger partial charge in [-0.2, -0.15) is 0 Å². The summed E-state index contributed by atoms with van der Waals surface area (Å²) in [7, 11) is 0. The molecule has 1 aromatic carbocycles. The smallest absolute Gasteiger partial charge is 0.243 e. The predicted molar refractivity (Wildman–Crippen MR) is 102 cm³/mol. The Morgan fingerprint density at radius 1 is 1.31 bits per heavy atom. The second-order valence-electron chi connectivity index (χ2n) is 7.22. The number of aryl methyl sites for hydroxylation is 1. The van der Waals surface area contributed by atoms with Crippen molar-refractivity contribution in [2.45, 2.75) is 51.1 Å². The summed E-state index contributed by atoms with van der Waals surface area (Å²) >= 11 is 1.56. The first-order valence-electron chi connectivity index (χ1n) is 9.21. The Bertz CT molecular complexity index is 828. The highest BCUT2D eigenvalue weighted by molar-refractivity contribution is 7.13. The number of hydrogen-bond donors (Lipinski definition) is 1. The van der Waals surface area contributed by atoms with Crippen LogP contribution in [-0.2, 0) is 16.0 Å². The fraction of sp³-hybridized carbons (Fsp3) is 0.450. The van der Waals surface area contributed by atoms with E-state index in [1.807, 2.05) is 17.5 Å². The maximum absolute atomic E-state index is 12.7. The Hall–Kier alpha value is -2.21. The minimum Gasteiger partial charge on any atom is -0.352 e. The number of carbonyl (C=O) groups is 2. The van der Waals surface area contributed by atoms with Crippen LogP contribution in [-0.4, -0.2) is 40.3 Å². The Morgan fingerprint density at radius 3 is 2.92 bits per heavy atom. The SMILES string of the molecule is Cc1cccc(-c2nc(CC(=O)N3CCCC3C(=O)NC3CC3)cs2)c1. The molecule has 0 bridgehead atoms. The molecule has 1 aromatic heterocycles. The molecule has 2 amide bonds. The lowest BCUT2D eigenvalue weighted by Crippen LogP contribution is -2.47. The number of nitrogens with zero attached hydrogens (tertiary/aromatic N) is 2. The summed E-state index contributed by atoms with van der Waals surface area (Å²) in [5, 5.41) is 5.91. The molecule has 1 aliphatic carbocycles. The zero-order valence-electron chi connectivity index (χ0n) is 14.9. The Balaban J connectivity index is 1.42. The van der Waals surface area contributed by atoms with Gasteiger partial charge in [0.05, 0.1) is 12.1 Å². The number of aromatic nitrogens is 1. The molecule has 5 nitrogen and oxygen atoms in total.